The van der Waals surface area contributed by atoms with E-state index in [1.165, 1.54) is 18.2 Å². The molecule has 2 heterocycles. The van der Waals surface area contributed by atoms with Crippen LogP contribution in [0.1, 0.15) is 28.9 Å². The summed E-state index contributed by atoms with van der Waals surface area (Å²) in [5.74, 6) is 0.879. The maximum absolute atomic E-state index is 13.3. The topological polar surface area (TPSA) is 60.3 Å². The molecule has 1 amide bonds. The van der Waals surface area contributed by atoms with Gasteiger partial charge in [0.2, 0.25) is 0 Å². The normalized spacial score (nSPS) is 17.5. The lowest BCUT2D eigenvalue weighted by Crippen LogP contribution is -2.40. The summed E-state index contributed by atoms with van der Waals surface area (Å²) in [6.07, 6.45) is 0.595. The molecule has 2 aromatic rings. The van der Waals surface area contributed by atoms with Gasteiger partial charge in [0.15, 0.2) is 5.82 Å². The molecule has 24 heavy (non-hydrogen) atoms. The number of carbonyl (C=O) groups is 1. The molecule has 0 spiro atoms. The number of rotatable bonds is 3. The maximum atomic E-state index is 13.3. The highest BCUT2D eigenvalue weighted by Crippen LogP contribution is 2.21. The molecular formula is C16H18ClFN4O2. The first kappa shape index (κ1) is 16.9. The first-order valence-electron chi connectivity index (χ1n) is 7.67. The lowest BCUT2D eigenvalue weighted by Gasteiger charge is -2.26. The molecule has 3 rings (SSSR count). The highest BCUT2D eigenvalue weighted by molar-refractivity contribution is 6.31. The number of fused-ring (bicyclic) bond motifs is 1. The van der Waals surface area contributed by atoms with E-state index in [4.69, 9.17) is 16.3 Å². The third kappa shape index (κ3) is 3.14. The molecule has 128 valence electrons. The number of aromatic nitrogens is 3. The molecule has 6 nitrogen and oxygen atoms in total. The second-order valence-electron chi connectivity index (χ2n) is 5.80. The van der Waals surface area contributed by atoms with Crippen molar-refractivity contribution >= 4 is 17.5 Å². The van der Waals surface area contributed by atoms with Gasteiger partial charge in [-0.05, 0) is 25.1 Å². The summed E-state index contributed by atoms with van der Waals surface area (Å²) in [4.78, 5) is 14.5. The van der Waals surface area contributed by atoms with Gasteiger partial charge in [0, 0.05) is 38.2 Å². The van der Waals surface area contributed by atoms with Crippen LogP contribution in [0.4, 0.5) is 4.39 Å². The minimum Gasteiger partial charge on any atom is -0.377 e. The average Bonchev–Trinajstić information content (AvgIpc) is 2.84. The van der Waals surface area contributed by atoms with Crippen LogP contribution in [0.15, 0.2) is 18.2 Å². The predicted octanol–water partition coefficient (Wildman–Crippen LogP) is 2.30. The molecule has 0 bridgehead atoms. The van der Waals surface area contributed by atoms with Crippen LogP contribution in [0.2, 0.25) is 5.02 Å². The van der Waals surface area contributed by atoms with E-state index in [1.54, 1.807) is 12.0 Å². The van der Waals surface area contributed by atoms with E-state index in [-0.39, 0.29) is 17.0 Å². The van der Waals surface area contributed by atoms with Crippen LogP contribution >= 0.6 is 11.6 Å². The van der Waals surface area contributed by atoms with Crippen LogP contribution in [-0.2, 0) is 24.3 Å². The summed E-state index contributed by atoms with van der Waals surface area (Å²) in [6.45, 7) is 3.44. The molecule has 1 atom stereocenters. The summed E-state index contributed by atoms with van der Waals surface area (Å²) in [7, 11) is 1.61. The van der Waals surface area contributed by atoms with E-state index in [1.807, 2.05) is 11.5 Å². The summed E-state index contributed by atoms with van der Waals surface area (Å²) < 4.78 is 20.4. The summed E-state index contributed by atoms with van der Waals surface area (Å²) in [6, 6.07) is 3.98. The van der Waals surface area contributed by atoms with Crippen molar-refractivity contribution in [2.75, 3.05) is 13.7 Å². The molecule has 0 radical (unpaired) electrons. The molecule has 0 aliphatic carbocycles. The summed E-state index contributed by atoms with van der Waals surface area (Å²) in [5, 5.41) is 8.29. The fourth-order valence-corrected chi connectivity index (χ4v) is 3.10. The van der Waals surface area contributed by atoms with Crippen molar-refractivity contribution in [1.82, 2.24) is 19.7 Å². The van der Waals surface area contributed by atoms with E-state index in [9.17, 15) is 9.18 Å². The van der Waals surface area contributed by atoms with Gasteiger partial charge >= 0.3 is 0 Å². The van der Waals surface area contributed by atoms with Gasteiger partial charge in [0.05, 0.1) is 5.02 Å². The molecule has 0 fully saturated rings. The third-order valence-corrected chi connectivity index (χ3v) is 4.47. The minimum atomic E-state index is -0.535. The van der Waals surface area contributed by atoms with Crippen LogP contribution in [0.3, 0.4) is 0 Å². The lowest BCUT2D eigenvalue weighted by molar-refractivity contribution is 0.0695. The fraction of sp³-hybridized carbons (Fsp3) is 0.438. The second kappa shape index (κ2) is 6.86. The molecule has 8 heteroatoms. The molecule has 0 saturated heterocycles. The second-order valence-corrected chi connectivity index (χ2v) is 6.20. The molecule has 1 aromatic heterocycles. The Balaban J connectivity index is 1.82. The van der Waals surface area contributed by atoms with Crippen molar-refractivity contribution in [3.8, 4) is 0 Å². The lowest BCUT2D eigenvalue weighted by atomic mass is 10.1. The van der Waals surface area contributed by atoms with Crippen molar-refractivity contribution < 1.29 is 13.9 Å². The Morgan fingerprint density at radius 3 is 2.92 bits per heavy atom. The van der Waals surface area contributed by atoms with Gasteiger partial charge in [0.1, 0.15) is 18.2 Å². The highest BCUT2D eigenvalue weighted by atomic mass is 35.5. The number of carbonyl (C=O) groups excluding carboxylic acids is 1. The zero-order valence-electron chi connectivity index (χ0n) is 13.5. The van der Waals surface area contributed by atoms with Gasteiger partial charge in [0.25, 0.3) is 5.91 Å². The number of methoxy groups -OCH3 is 1. The summed E-state index contributed by atoms with van der Waals surface area (Å²) >= 11 is 5.79. The average molecular weight is 353 g/mol. The van der Waals surface area contributed by atoms with Gasteiger partial charge in [-0.25, -0.2) is 4.39 Å². The Bertz CT molecular complexity index is 765. The standard InChI is InChI=1S/C16H18ClFN4O2/c1-10-7-14-19-20-15(9-24-2)22(14)6-5-21(10)16(23)11-3-4-13(18)12(17)8-11/h3-4,8,10H,5-7,9H2,1-2H3. The number of halogens is 2. The van der Waals surface area contributed by atoms with E-state index in [2.05, 4.69) is 10.2 Å². The molecule has 1 unspecified atom stereocenters. The van der Waals surface area contributed by atoms with Crippen LogP contribution < -0.4 is 0 Å². The molecule has 1 aromatic carbocycles. The summed E-state index contributed by atoms with van der Waals surface area (Å²) in [5.41, 5.74) is 0.378. The molecule has 0 N–H and O–H groups in total. The Hall–Kier alpha value is -1.99. The van der Waals surface area contributed by atoms with Crippen LogP contribution in [0.5, 0.6) is 0 Å². The fourth-order valence-electron chi connectivity index (χ4n) is 2.92. The van der Waals surface area contributed by atoms with Gasteiger partial charge in [-0.1, -0.05) is 11.6 Å². The van der Waals surface area contributed by atoms with Crippen LogP contribution in [0, 0.1) is 5.82 Å². The van der Waals surface area contributed by atoms with Crippen molar-refractivity contribution in [2.24, 2.45) is 0 Å². The Morgan fingerprint density at radius 1 is 1.42 bits per heavy atom. The monoisotopic (exact) mass is 352 g/mol. The van der Waals surface area contributed by atoms with E-state index >= 15 is 0 Å². The number of amides is 1. The Morgan fingerprint density at radius 2 is 2.21 bits per heavy atom. The van der Waals surface area contributed by atoms with Crippen LogP contribution in [-0.4, -0.2) is 45.3 Å². The van der Waals surface area contributed by atoms with E-state index < -0.39 is 5.82 Å². The molecule has 0 saturated carbocycles. The van der Waals surface area contributed by atoms with Crippen molar-refractivity contribution in [3.63, 3.8) is 0 Å². The molecule has 1 aliphatic rings. The van der Waals surface area contributed by atoms with Crippen molar-refractivity contribution in [2.45, 2.75) is 32.5 Å². The number of hydrogen-bond donors (Lipinski definition) is 0. The smallest absolute Gasteiger partial charge is 0.254 e. The zero-order chi connectivity index (χ0) is 17.3. The number of ether oxygens (including phenoxy) is 1. The van der Waals surface area contributed by atoms with Crippen molar-refractivity contribution in [1.29, 1.82) is 0 Å². The maximum Gasteiger partial charge on any atom is 0.254 e. The van der Waals surface area contributed by atoms with Crippen molar-refractivity contribution in [3.05, 3.63) is 46.3 Å². The largest absolute Gasteiger partial charge is 0.377 e. The Kier molecular flexibility index (Phi) is 4.82. The number of hydrogen-bond acceptors (Lipinski definition) is 4. The number of nitrogens with zero attached hydrogens (tertiary/aromatic N) is 4. The minimum absolute atomic E-state index is 0.0529. The number of benzene rings is 1. The van der Waals surface area contributed by atoms with Gasteiger partial charge in [-0.3, -0.25) is 4.79 Å². The van der Waals surface area contributed by atoms with Gasteiger partial charge in [-0.15, -0.1) is 10.2 Å². The van der Waals surface area contributed by atoms with Gasteiger partial charge in [-0.2, -0.15) is 0 Å². The quantitative estimate of drug-likeness (QED) is 0.850. The highest BCUT2D eigenvalue weighted by Gasteiger charge is 2.28. The van der Waals surface area contributed by atoms with E-state index in [0.717, 1.165) is 11.6 Å². The van der Waals surface area contributed by atoms with Gasteiger partial charge < -0.3 is 14.2 Å². The molecular weight excluding hydrogens is 335 g/mol. The Labute approximate surface area is 144 Å². The predicted molar refractivity (Wildman–Crippen MR) is 86.3 cm³/mol. The van der Waals surface area contributed by atoms with E-state index in [0.29, 0.717) is 31.7 Å². The SMILES string of the molecule is COCc1nnc2n1CCN(C(=O)c1ccc(F)c(Cl)c1)C(C)C2. The third-order valence-electron chi connectivity index (χ3n) is 4.18. The first-order chi connectivity index (χ1) is 11.5. The first-order valence-corrected chi connectivity index (χ1v) is 8.05. The molecule has 1 aliphatic heterocycles. The van der Waals surface area contributed by atoms with Crippen LogP contribution in [0.25, 0.3) is 0 Å². The zero-order valence-corrected chi connectivity index (χ0v) is 14.3.